The third kappa shape index (κ3) is 2.92. The predicted molar refractivity (Wildman–Crippen MR) is 116 cm³/mol. The van der Waals surface area contributed by atoms with Crippen LogP contribution in [0.15, 0.2) is 18.5 Å². The number of halogens is 1. The molecule has 3 heterocycles. The maximum Gasteiger partial charge on any atom is 0.229 e. The van der Waals surface area contributed by atoms with Crippen molar-refractivity contribution in [1.82, 2.24) is 24.8 Å². The van der Waals surface area contributed by atoms with Crippen LogP contribution in [0, 0.1) is 23.2 Å². The molecule has 3 aromatic heterocycles. The van der Waals surface area contributed by atoms with E-state index in [2.05, 4.69) is 37.4 Å². The van der Waals surface area contributed by atoms with E-state index in [-0.39, 0.29) is 17.6 Å². The van der Waals surface area contributed by atoms with Crippen molar-refractivity contribution in [3.05, 3.63) is 33.5 Å². The smallest absolute Gasteiger partial charge is 0.229 e. The van der Waals surface area contributed by atoms with Gasteiger partial charge in [-0.25, -0.2) is 15.0 Å². The quantitative estimate of drug-likeness (QED) is 0.432. The van der Waals surface area contributed by atoms with E-state index in [4.69, 9.17) is 11.6 Å². The average Bonchev–Trinajstić information content (AvgIpc) is 3.02. The van der Waals surface area contributed by atoms with Crippen molar-refractivity contribution < 1.29 is 15.0 Å². The molecule has 0 bridgehead atoms. The fraction of sp³-hybridized carbons (Fsp3) is 0.400. The van der Waals surface area contributed by atoms with Gasteiger partial charge in [-0.15, -0.1) is 11.3 Å². The van der Waals surface area contributed by atoms with Crippen LogP contribution in [-0.4, -0.2) is 61.9 Å². The Balaban J connectivity index is 1.58. The summed E-state index contributed by atoms with van der Waals surface area (Å²) >= 11 is 7.32. The van der Waals surface area contributed by atoms with Crippen LogP contribution in [0.3, 0.4) is 0 Å². The fourth-order valence-corrected chi connectivity index (χ4v) is 5.55. The lowest BCUT2D eigenvalue weighted by Crippen LogP contribution is -2.41. The summed E-state index contributed by atoms with van der Waals surface area (Å²) < 4.78 is 2.37. The molecular weight excluding hydrogens is 440 g/mol. The van der Waals surface area contributed by atoms with Crippen LogP contribution >= 0.6 is 22.9 Å². The highest BCUT2D eigenvalue weighted by atomic mass is 35.5. The van der Waals surface area contributed by atoms with Crippen molar-refractivity contribution in [3.63, 3.8) is 0 Å². The predicted octanol–water partition coefficient (Wildman–Crippen LogP) is 1.01. The highest BCUT2D eigenvalue weighted by Crippen LogP contribution is 2.67. The molecular formula is C20H19ClN6O3S. The molecule has 0 radical (unpaired) electrons. The zero-order valence-electron chi connectivity index (χ0n) is 16.6. The molecule has 5 rings (SSSR count). The molecule has 0 aromatic carbocycles. The van der Waals surface area contributed by atoms with Gasteiger partial charge in [-0.1, -0.05) is 11.6 Å². The van der Waals surface area contributed by atoms with Gasteiger partial charge in [0.1, 0.15) is 6.10 Å². The Bertz CT molecular complexity index is 1260. The van der Waals surface area contributed by atoms with E-state index in [1.54, 1.807) is 24.0 Å². The summed E-state index contributed by atoms with van der Waals surface area (Å²) in [5, 5.41) is 27.0. The van der Waals surface area contributed by atoms with Crippen LogP contribution in [0.5, 0.6) is 0 Å². The number of anilines is 1. The molecule has 5 atom stereocenters. The van der Waals surface area contributed by atoms with E-state index in [0.717, 1.165) is 4.88 Å². The number of fused-ring (bicyclic) bond motifs is 2. The van der Waals surface area contributed by atoms with E-state index >= 15 is 0 Å². The van der Waals surface area contributed by atoms with Gasteiger partial charge in [-0.05, 0) is 30.4 Å². The molecule has 31 heavy (non-hydrogen) atoms. The van der Waals surface area contributed by atoms with Crippen molar-refractivity contribution in [1.29, 1.82) is 0 Å². The molecule has 2 aliphatic carbocycles. The first-order valence-electron chi connectivity index (χ1n) is 9.68. The molecule has 9 nitrogen and oxygen atoms in total. The molecule has 0 aliphatic heterocycles. The third-order valence-electron chi connectivity index (χ3n) is 6.17. The summed E-state index contributed by atoms with van der Waals surface area (Å²) in [6.07, 6.45) is -0.224. The van der Waals surface area contributed by atoms with Gasteiger partial charge < -0.3 is 25.4 Å². The van der Waals surface area contributed by atoms with E-state index in [0.29, 0.717) is 27.7 Å². The minimum Gasteiger partial charge on any atom is -0.389 e. The Morgan fingerprint density at radius 3 is 2.81 bits per heavy atom. The second-order valence-corrected chi connectivity index (χ2v) is 9.39. The summed E-state index contributed by atoms with van der Waals surface area (Å²) in [6.45, 7) is 0. The van der Waals surface area contributed by atoms with Gasteiger partial charge in [0.05, 0.1) is 33.1 Å². The summed E-state index contributed by atoms with van der Waals surface area (Å²) in [5.74, 6) is 6.25. The summed E-state index contributed by atoms with van der Waals surface area (Å²) in [5.41, 5.74) is 0.0192. The van der Waals surface area contributed by atoms with Gasteiger partial charge >= 0.3 is 0 Å². The lowest BCUT2D eigenvalue weighted by molar-refractivity contribution is -0.132. The van der Waals surface area contributed by atoms with Gasteiger partial charge in [0.2, 0.25) is 11.7 Å². The monoisotopic (exact) mass is 458 g/mol. The lowest BCUT2D eigenvalue weighted by Gasteiger charge is -2.23. The van der Waals surface area contributed by atoms with Gasteiger partial charge in [-0.2, -0.15) is 0 Å². The summed E-state index contributed by atoms with van der Waals surface area (Å²) in [7, 11) is 3.26. The first kappa shape index (κ1) is 20.2. The van der Waals surface area contributed by atoms with E-state index < -0.39 is 23.7 Å². The Kier molecular flexibility index (Phi) is 4.67. The van der Waals surface area contributed by atoms with Crippen molar-refractivity contribution in [3.8, 4) is 11.8 Å². The Hall–Kier alpha value is -2.71. The maximum absolute atomic E-state index is 12.4. The van der Waals surface area contributed by atoms with Crippen LogP contribution in [0.4, 0.5) is 5.82 Å². The zero-order chi connectivity index (χ0) is 21.9. The minimum absolute atomic E-state index is 0.217. The van der Waals surface area contributed by atoms with E-state index in [9.17, 15) is 15.0 Å². The Labute approximate surface area is 186 Å². The number of nitrogens with one attached hydrogen (secondary N) is 2. The second kappa shape index (κ2) is 7.17. The largest absolute Gasteiger partial charge is 0.389 e. The van der Waals surface area contributed by atoms with Crippen LogP contribution < -0.4 is 10.6 Å². The van der Waals surface area contributed by atoms with Crippen molar-refractivity contribution in [2.45, 2.75) is 24.7 Å². The molecule has 1 amide bonds. The second-order valence-electron chi connectivity index (χ2n) is 7.68. The van der Waals surface area contributed by atoms with Gasteiger partial charge in [0, 0.05) is 20.0 Å². The van der Waals surface area contributed by atoms with Crippen LogP contribution in [0.25, 0.3) is 11.2 Å². The number of thiophene rings is 1. The number of carbonyl (C=O) groups is 1. The van der Waals surface area contributed by atoms with E-state index in [1.165, 1.54) is 18.4 Å². The first-order chi connectivity index (χ1) is 14.9. The molecule has 0 spiro atoms. The Morgan fingerprint density at radius 2 is 2.13 bits per heavy atom. The summed E-state index contributed by atoms with van der Waals surface area (Å²) in [6, 6.07) is 3.06. The van der Waals surface area contributed by atoms with Crippen molar-refractivity contribution in [2.75, 3.05) is 19.4 Å². The topological polar surface area (TPSA) is 125 Å². The van der Waals surface area contributed by atoms with Gasteiger partial charge in [-0.3, -0.25) is 4.79 Å². The number of hydrogen-bond donors (Lipinski definition) is 4. The first-order valence-corrected chi connectivity index (χ1v) is 10.9. The molecule has 2 saturated carbocycles. The average molecular weight is 459 g/mol. The van der Waals surface area contributed by atoms with Gasteiger partial charge in [0.15, 0.2) is 17.0 Å². The molecule has 160 valence electrons. The third-order valence-corrected chi connectivity index (χ3v) is 7.32. The number of nitrogens with zero attached hydrogens (tertiary/aromatic N) is 4. The number of rotatable bonds is 3. The van der Waals surface area contributed by atoms with Crippen LogP contribution in [-0.2, 0) is 4.79 Å². The number of aromatic nitrogens is 4. The molecule has 3 aromatic rings. The molecule has 2 fully saturated rings. The van der Waals surface area contributed by atoms with Crippen LogP contribution in [0.1, 0.15) is 23.2 Å². The fourth-order valence-electron chi connectivity index (χ4n) is 4.65. The molecule has 2 aliphatic rings. The number of aliphatic hydroxyl groups excluding tert-OH is 2. The van der Waals surface area contributed by atoms with E-state index in [1.807, 2.05) is 6.07 Å². The zero-order valence-corrected chi connectivity index (χ0v) is 18.2. The van der Waals surface area contributed by atoms with Gasteiger partial charge in [0.25, 0.3) is 0 Å². The normalized spacial score (nSPS) is 28.7. The minimum atomic E-state index is -1.16. The molecule has 11 heteroatoms. The highest BCUT2D eigenvalue weighted by molar-refractivity contribution is 7.16. The lowest BCUT2D eigenvalue weighted by atomic mass is 9.98. The molecule has 4 N–H and O–H groups in total. The Morgan fingerprint density at radius 1 is 1.32 bits per heavy atom. The highest BCUT2D eigenvalue weighted by Gasteiger charge is 2.75. The number of amides is 1. The van der Waals surface area contributed by atoms with Crippen LogP contribution in [0.2, 0.25) is 4.34 Å². The number of aliphatic hydroxyl groups is 2. The number of hydrogen-bond acceptors (Lipinski definition) is 8. The van der Waals surface area contributed by atoms with Crippen molar-refractivity contribution in [2.24, 2.45) is 11.3 Å². The summed E-state index contributed by atoms with van der Waals surface area (Å²) in [4.78, 5) is 26.6. The standard InChI is InChI=1S/C20H19ClN6O3S/c1-22-17-13-18(26-12(25-17)6-4-9-3-5-11(21)31-9)27(8-24-13)14-10-7-20(10,19(30)23-2)16(29)15(14)28/h3,5,8,10,14-16,28-29H,7H2,1-2H3,(H,23,30)(H,22,25,26)/t10?,14-,15+,16+,20?/m1/s1. The maximum atomic E-state index is 12.4. The molecule has 0 saturated heterocycles. The molecule has 2 unspecified atom stereocenters. The van der Waals surface area contributed by atoms with Crippen molar-refractivity contribution >= 4 is 45.8 Å². The number of carbonyl (C=O) groups excluding carboxylic acids is 1. The number of imidazole rings is 1. The SMILES string of the molecule is CNC(=O)C12CC1[C@@H](n1cnc3c(NC)nc(C#Cc4ccc(Cl)s4)nc31)[C@H](O)[C@@H]2O.